The predicted molar refractivity (Wildman–Crippen MR) is 76.7 cm³/mol. The minimum atomic E-state index is -1.18. The number of imidazole rings is 1. The summed E-state index contributed by atoms with van der Waals surface area (Å²) in [7, 11) is 0. The monoisotopic (exact) mass is 315 g/mol. The molecule has 0 fully saturated rings. The number of carboxylic acids is 1. The van der Waals surface area contributed by atoms with Crippen molar-refractivity contribution in [2.45, 2.75) is 18.5 Å². The summed E-state index contributed by atoms with van der Waals surface area (Å²) in [5.41, 5.74) is 6.14. The zero-order valence-corrected chi connectivity index (χ0v) is 12.0. The molecular weight excluding hydrogens is 298 g/mol. The van der Waals surface area contributed by atoms with Crippen LogP contribution in [0.5, 0.6) is 0 Å². The highest BCUT2D eigenvalue weighted by molar-refractivity contribution is 7.80. The molecule has 1 aromatic rings. The first kappa shape index (κ1) is 17.0. The summed E-state index contributed by atoms with van der Waals surface area (Å²) < 4.78 is 0. The van der Waals surface area contributed by atoms with Gasteiger partial charge in [-0.3, -0.25) is 14.4 Å². The lowest BCUT2D eigenvalue weighted by Gasteiger charge is -2.19. The molecule has 2 atom stereocenters. The molecule has 0 bridgehead atoms. The van der Waals surface area contributed by atoms with Crippen LogP contribution < -0.4 is 16.4 Å². The molecule has 9 nitrogen and oxygen atoms in total. The number of hydrogen-bond acceptors (Lipinski definition) is 6. The van der Waals surface area contributed by atoms with Crippen molar-refractivity contribution in [3.63, 3.8) is 0 Å². The summed E-state index contributed by atoms with van der Waals surface area (Å²) in [6.07, 6.45) is 3.07. The first-order chi connectivity index (χ1) is 9.93. The summed E-state index contributed by atoms with van der Waals surface area (Å²) in [5.74, 6) is -2.21. The number of amides is 2. The maximum absolute atomic E-state index is 11.9. The molecule has 0 radical (unpaired) electrons. The molecule has 0 unspecified atom stereocenters. The summed E-state index contributed by atoms with van der Waals surface area (Å²) in [4.78, 5) is 40.8. The second-order valence-electron chi connectivity index (χ2n) is 4.24. The fourth-order valence-electron chi connectivity index (χ4n) is 1.47. The van der Waals surface area contributed by atoms with Gasteiger partial charge in [0.2, 0.25) is 11.8 Å². The van der Waals surface area contributed by atoms with E-state index in [2.05, 4.69) is 33.2 Å². The van der Waals surface area contributed by atoms with Crippen molar-refractivity contribution >= 4 is 30.4 Å². The molecule has 1 rings (SSSR count). The van der Waals surface area contributed by atoms with E-state index in [0.29, 0.717) is 5.69 Å². The Kier molecular flexibility index (Phi) is 6.69. The topological polar surface area (TPSA) is 150 Å². The lowest BCUT2D eigenvalue weighted by molar-refractivity contribution is -0.138. The van der Waals surface area contributed by atoms with Crippen LogP contribution in [0.1, 0.15) is 5.69 Å². The van der Waals surface area contributed by atoms with E-state index in [-0.39, 0.29) is 12.2 Å². The molecule has 0 aliphatic heterocycles. The van der Waals surface area contributed by atoms with Crippen LogP contribution in [0, 0.1) is 0 Å². The van der Waals surface area contributed by atoms with Crippen LogP contribution in [0.25, 0.3) is 0 Å². The summed E-state index contributed by atoms with van der Waals surface area (Å²) in [5, 5.41) is 13.2. The van der Waals surface area contributed by atoms with Crippen molar-refractivity contribution in [2.75, 3.05) is 12.3 Å². The van der Waals surface area contributed by atoms with Gasteiger partial charge in [0.25, 0.3) is 0 Å². The molecule has 6 N–H and O–H groups in total. The minimum absolute atomic E-state index is 0.124. The Morgan fingerprint density at radius 1 is 1.43 bits per heavy atom. The standard InChI is InChI=1S/C11H17N5O4S/c12-7(4-21)10(19)16-8(1-6-2-13-5-15-6)11(20)14-3-9(17)18/h2,5,7-8,21H,1,3-4,12H2,(H,13,15)(H,14,20)(H,16,19)(H,17,18)/t7-,8-/m0/s1. The van der Waals surface area contributed by atoms with Crippen molar-refractivity contribution < 1.29 is 19.5 Å². The second kappa shape index (κ2) is 8.27. The zero-order chi connectivity index (χ0) is 15.8. The van der Waals surface area contributed by atoms with Gasteiger partial charge in [0.1, 0.15) is 12.6 Å². The highest BCUT2D eigenvalue weighted by atomic mass is 32.1. The number of rotatable bonds is 8. The fourth-order valence-corrected chi connectivity index (χ4v) is 1.64. The van der Waals surface area contributed by atoms with E-state index in [9.17, 15) is 14.4 Å². The number of carbonyl (C=O) groups excluding carboxylic acids is 2. The Morgan fingerprint density at radius 2 is 2.14 bits per heavy atom. The van der Waals surface area contributed by atoms with E-state index in [1.54, 1.807) is 0 Å². The minimum Gasteiger partial charge on any atom is -0.480 e. The van der Waals surface area contributed by atoms with E-state index < -0.39 is 36.4 Å². The van der Waals surface area contributed by atoms with Gasteiger partial charge in [-0.2, -0.15) is 12.6 Å². The molecule has 1 aromatic heterocycles. The quantitative estimate of drug-likeness (QED) is 0.302. The highest BCUT2D eigenvalue weighted by Crippen LogP contribution is 2.00. The largest absolute Gasteiger partial charge is 0.480 e. The molecule has 0 aromatic carbocycles. The number of H-pyrrole nitrogens is 1. The van der Waals surface area contributed by atoms with Crippen molar-refractivity contribution in [1.29, 1.82) is 0 Å². The Morgan fingerprint density at radius 3 is 2.67 bits per heavy atom. The molecule has 21 heavy (non-hydrogen) atoms. The predicted octanol–water partition coefficient (Wildman–Crippen LogP) is -2.11. The molecule has 0 spiro atoms. The highest BCUT2D eigenvalue weighted by Gasteiger charge is 2.24. The molecule has 0 saturated heterocycles. The number of carboxylic acid groups (broad SMARTS) is 1. The third-order valence-corrected chi connectivity index (χ3v) is 2.95. The third-order valence-electron chi connectivity index (χ3n) is 2.56. The second-order valence-corrected chi connectivity index (χ2v) is 4.61. The van der Waals surface area contributed by atoms with Gasteiger partial charge in [-0.1, -0.05) is 0 Å². The summed E-state index contributed by atoms with van der Waals surface area (Å²) in [6.45, 7) is -0.535. The third kappa shape index (κ3) is 5.83. The molecule has 1 heterocycles. The number of aliphatic carboxylic acids is 1. The molecule has 0 aliphatic carbocycles. The Labute approximate surface area is 126 Å². The van der Waals surface area contributed by atoms with Crippen LogP contribution >= 0.6 is 12.6 Å². The first-order valence-corrected chi connectivity index (χ1v) is 6.70. The summed E-state index contributed by atoms with van der Waals surface area (Å²) >= 11 is 3.91. The van der Waals surface area contributed by atoms with Gasteiger partial charge in [0, 0.05) is 24.1 Å². The Bertz CT molecular complexity index is 493. The molecule has 0 aliphatic rings. The average molecular weight is 315 g/mol. The lowest BCUT2D eigenvalue weighted by atomic mass is 10.1. The molecule has 116 valence electrons. The number of thiol groups is 1. The Hall–Kier alpha value is -2.07. The number of aromatic amines is 1. The van der Waals surface area contributed by atoms with Crippen LogP contribution in [0.15, 0.2) is 12.5 Å². The van der Waals surface area contributed by atoms with Gasteiger partial charge in [-0.25, -0.2) is 4.98 Å². The van der Waals surface area contributed by atoms with Gasteiger partial charge in [0.05, 0.1) is 12.4 Å². The van der Waals surface area contributed by atoms with E-state index in [0.717, 1.165) is 0 Å². The zero-order valence-electron chi connectivity index (χ0n) is 11.1. The average Bonchev–Trinajstić information content (AvgIpc) is 2.95. The maximum atomic E-state index is 11.9. The maximum Gasteiger partial charge on any atom is 0.322 e. The number of hydrogen-bond donors (Lipinski definition) is 6. The number of nitrogens with two attached hydrogens (primary N) is 1. The number of aromatic nitrogens is 2. The van der Waals surface area contributed by atoms with Gasteiger partial charge in [-0.05, 0) is 0 Å². The molecule has 0 saturated carbocycles. The lowest BCUT2D eigenvalue weighted by Crippen LogP contribution is -2.53. The first-order valence-electron chi connectivity index (χ1n) is 6.07. The molecule has 10 heteroatoms. The van der Waals surface area contributed by atoms with E-state index in [1.165, 1.54) is 12.5 Å². The van der Waals surface area contributed by atoms with Crippen molar-refractivity contribution in [3.05, 3.63) is 18.2 Å². The van der Waals surface area contributed by atoms with E-state index >= 15 is 0 Å². The van der Waals surface area contributed by atoms with Gasteiger partial charge in [0.15, 0.2) is 0 Å². The molecular formula is C11H17N5O4S. The van der Waals surface area contributed by atoms with Gasteiger partial charge in [-0.15, -0.1) is 0 Å². The normalized spacial score (nSPS) is 13.2. The number of carbonyl (C=O) groups is 3. The fraction of sp³-hybridized carbons (Fsp3) is 0.455. The van der Waals surface area contributed by atoms with Crippen LogP contribution in [-0.2, 0) is 20.8 Å². The van der Waals surface area contributed by atoms with E-state index in [1.807, 2.05) is 0 Å². The van der Waals surface area contributed by atoms with Crippen LogP contribution in [0.3, 0.4) is 0 Å². The number of nitrogens with zero attached hydrogens (tertiary/aromatic N) is 1. The van der Waals surface area contributed by atoms with Crippen LogP contribution in [0.4, 0.5) is 0 Å². The SMILES string of the molecule is N[C@@H](CS)C(=O)N[C@@H](Cc1cnc[nH]1)C(=O)NCC(=O)O. The Balaban J connectivity index is 2.71. The van der Waals surface area contributed by atoms with Gasteiger partial charge < -0.3 is 26.5 Å². The number of nitrogens with one attached hydrogen (secondary N) is 3. The van der Waals surface area contributed by atoms with Crippen LogP contribution in [0.2, 0.25) is 0 Å². The van der Waals surface area contributed by atoms with Gasteiger partial charge >= 0.3 is 5.97 Å². The van der Waals surface area contributed by atoms with Crippen LogP contribution in [-0.4, -0.2) is 57.2 Å². The summed E-state index contributed by atoms with van der Waals surface area (Å²) in [6, 6.07) is -1.81. The van der Waals surface area contributed by atoms with E-state index in [4.69, 9.17) is 10.8 Å². The van der Waals surface area contributed by atoms with Crippen molar-refractivity contribution in [2.24, 2.45) is 5.73 Å². The molecule has 2 amide bonds. The van der Waals surface area contributed by atoms with Crippen molar-refractivity contribution in [3.8, 4) is 0 Å². The van der Waals surface area contributed by atoms with Crippen molar-refractivity contribution in [1.82, 2.24) is 20.6 Å². The smallest absolute Gasteiger partial charge is 0.322 e.